The van der Waals surface area contributed by atoms with Crippen LogP contribution in [-0.4, -0.2) is 32.5 Å². The van der Waals surface area contributed by atoms with Crippen LogP contribution in [0.5, 0.6) is 0 Å². The number of hydrogen-bond donors (Lipinski definition) is 0. The van der Waals surface area contributed by atoms with Gasteiger partial charge in [0.25, 0.3) is 0 Å². The standard InChI is InChI=1S/C9H19O4P/c1-5-9(10)12-6-8(2)7-13-14(3,4)11/h8H,5-7H2,1-4H3/t8-/m1/s1. The van der Waals surface area contributed by atoms with E-state index in [0.717, 1.165) is 0 Å². The molecule has 0 radical (unpaired) electrons. The predicted molar refractivity (Wildman–Crippen MR) is 55.8 cm³/mol. The monoisotopic (exact) mass is 222 g/mol. The number of rotatable bonds is 6. The maximum absolute atomic E-state index is 11.2. The minimum Gasteiger partial charge on any atom is -0.465 e. The zero-order valence-electron chi connectivity index (χ0n) is 9.28. The van der Waals surface area contributed by atoms with E-state index < -0.39 is 7.37 Å². The van der Waals surface area contributed by atoms with Crippen LogP contribution in [0.2, 0.25) is 0 Å². The van der Waals surface area contributed by atoms with Crippen molar-refractivity contribution in [3.05, 3.63) is 0 Å². The van der Waals surface area contributed by atoms with Crippen molar-refractivity contribution in [2.45, 2.75) is 20.3 Å². The van der Waals surface area contributed by atoms with Gasteiger partial charge in [0, 0.05) is 25.7 Å². The average Bonchev–Trinajstić information content (AvgIpc) is 2.09. The van der Waals surface area contributed by atoms with Gasteiger partial charge in [0.15, 0.2) is 7.37 Å². The average molecular weight is 222 g/mol. The van der Waals surface area contributed by atoms with Gasteiger partial charge in [0.05, 0.1) is 13.2 Å². The van der Waals surface area contributed by atoms with Crippen LogP contribution in [0.25, 0.3) is 0 Å². The number of carbonyl (C=O) groups excluding carboxylic acids is 1. The van der Waals surface area contributed by atoms with Gasteiger partial charge >= 0.3 is 5.97 Å². The van der Waals surface area contributed by atoms with E-state index in [1.54, 1.807) is 20.3 Å². The topological polar surface area (TPSA) is 52.6 Å². The molecule has 5 heteroatoms. The van der Waals surface area contributed by atoms with Crippen LogP contribution >= 0.6 is 7.37 Å². The van der Waals surface area contributed by atoms with Crippen molar-refractivity contribution in [2.24, 2.45) is 5.92 Å². The van der Waals surface area contributed by atoms with E-state index in [1.165, 1.54) is 0 Å². The lowest BCUT2D eigenvalue weighted by Crippen LogP contribution is -2.15. The molecule has 0 N–H and O–H groups in total. The highest BCUT2D eigenvalue weighted by atomic mass is 31.2. The zero-order chi connectivity index (χ0) is 11.2. The second kappa shape index (κ2) is 6.20. The summed E-state index contributed by atoms with van der Waals surface area (Å²) in [6.45, 7) is 7.46. The molecule has 0 rings (SSSR count). The van der Waals surface area contributed by atoms with Crippen molar-refractivity contribution in [3.63, 3.8) is 0 Å². The molecule has 0 aromatic carbocycles. The largest absolute Gasteiger partial charge is 0.465 e. The molecular formula is C9H19O4P. The Kier molecular flexibility index (Phi) is 6.05. The second-order valence-corrected chi connectivity index (χ2v) is 6.45. The minimum absolute atomic E-state index is 0.0822. The van der Waals surface area contributed by atoms with Gasteiger partial charge in [-0.15, -0.1) is 0 Å². The first kappa shape index (κ1) is 13.7. The maximum atomic E-state index is 11.2. The third kappa shape index (κ3) is 8.27. The molecule has 0 spiro atoms. The summed E-state index contributed by atoms with van der Waals surface area (Å²) < 4.78 is 21.2. The molecule has 0 fully saturated rings. The highest BCUT2D eigenvalue weighted by Crippen LogP contribution is 2.37. The molecule has 0 amide bonds. The summed E-state index contributed by atoms with van der Waals surface area (Å²) in [7, 11) is -2.41. The van der Waals surface area contributed by atoms with Crippen molar-refractivity contribution >= 4 is 13.3 Å². The zero-order valence-corrected chi connectivity index (χ0v) is 10.2. The molecular weight excluding hydrogens is 203 g/mol. The lowest BCUT2D eigenvalue weighted by Gasteiger charge is -2.14. The summed E-state index contributed by atoms with van der Waals surface area (Å²) >= 11 is 0. The number of esters is 1. The Morgan fingerprint density at radius 1 is 1.36 bits per heavy atom. The molecule has 4 nitrogen and oxygen atoms in total. The van der Waals surface area contributed by atoms with Crippen LogP contribution < -0.4 is 0 Å². The number of ether oxygens (including phenoxy) is 1. The fourth-order valence-electron chi connectivity index (χ4n) is 0.692. The SMILES string of the molecule is CCC(=O)OC[C@@H](C)COP(C)(C)=O. The van der Waals surface area contributed by atoms with Gasteiger partial charge in [-0.3, -0.25) is 9.36 Å². The summed E-state index contributed by atoms with van der Waals surface area (Å²) in [5.74, 6) is -0.133. The molecule has 0 unspecified atom stereocenters. The molecule has 0 saturated heterocycles. The highest BCUT2D eigenvalue weighted by Gasteiger charge is 2.11. The van der Waals surface area contributed by atoms with Crippen LogP contribution in [0.3, 0.4) is 0 Å². The van der Waals surface area contributed by atoms with Crippen LogP contribution in [0.15, 0.2) is 0 Å². The lowest BCUT2D eigenvalue weighted by molar-refractivity contribution is -0.144. The first-order valence-electron chi connectivity index (χ1n) is 4.70. The number of hydrogen-bond acceptors (Lipinski definition) is 4. The van der Waals surface area contributed by atoms with E-state index >= 15 is 0 Å². The molecule has 0 bridgehead atoms. The summed E-state index contributed by atoms with van der Waals surface area (Å²) in [5.41, 5.74) is 0. The maximum Gasteiger partial charge on any atom is 0.305 e. The van der Waals surface area contributed by atoms with E-state index in [4.69, 9.17) is 9.26 Å². The van der Waals surface area contributed by atoms with Crippen molar-refractivity contribution in [2.75, 3.05) is 26.5 Å². The van der Waals surface area contributed by atoms with Crippen molar-refractivity contribution in [1.29, 1.82) is 0 Å². The van der Waals surface area contributed by atoms with Crippen LogP contribution in [0.1, 0.15) is 20.3 Å². The van der Waals surface area contributed by atoms with Crippen LogP contribution in [-0.2, 0) is 18.6 Å². The first-order chi connectivity index (χ1) is 6.35. The van der Waals surface area contributed by atoms with Gasteiger partial charge in [-0.1, -0.05) is 13.8 Å². The molecule has 1 atom stereocenters. The van der Waals surface area contributed by atoms with E-state index in [2.05, 4.69) is 0 Å². The normalized spacial score (nSPS) is 13.7. The Bertz CT molecular complexity index is 221. The van der Waals surface area contributed by atoms with Gasteiger partial charge in [0.1, 0.15) is 0 Å². The van der Waals surface area contributed by atoms with Gasteiger partial charge in [0.2, 0.25) is 0 Å². The molecule has 0 heterocycles. The van der Waals surface area contributed by atoms with Crippen molar-refractivity contribution in [3.8, 4) is 0 Å². The Morgan fingerprint density at radius 3 is 2.36 bits per heavy atom. The van der Waals surface area contributed by atoms with E-state index in [0.29, 0.717) is 19.6 Å². The van der Waals surface area contributed by atoms with Gasteiger partial charge in [-0.05, 0) is 0 Å². The first-order valence-corrected chi connectivity index (χ1v) is 7.22. The van der Waals surface area contributed by atoms with E-state index in [-0.39, 0.29) is 11.9 Å². The second-order valence-electron chi connectivity index (χ2n) is 3.69. The third-order valence-corrected chi connectivity index (χ3v) is 2.26. The summed E-state index contributed by atoms with van der Waals surface area (Å²) in [6, 6.07) is 0. The highest BCUT2D eigenvalue weighted by molar-refractivity contribution is 7.57. The minimum atomic E-state index is -2.41. The van der Waals surface area contributed by atoms with E-state index in [9.17, 15) is 9.36 Å². The van der Waals surface area contributed by atoms with Crippen LogP contribution in [0.4, 0.5) is 0 Å². The predicted octanol–water partition coefficient (Wildman–Crippen LogP) is 2.13. The fourth-order valence-corrected chi connectivity index (χ4v) is 1.31. The molecule has 0 aromatic rings. The molecule has 0 saturated carbocycles. The van der Waals surface area contributed by atoms with Crippen LogP contribution in [0, 0.1) is 5.92 Å². The third-order valence-electron chi connectivity index (χ3n) is 1.49. The molecule has 14 heavy (non-hydrogen) atoms. The molecule has 84 valence electrons. The summed E-state index contributed by atoms with van der Waals surface area (Å²) in [4.78, 5) is 10.8. The Morgan fingerprint density at radius 2 is 1.93 bits per heavy atom. The van der Waals surface area contributed by atoms with Gasteiger partial charge < -0.3 is 9.26 Å². The number of carbonyl (C=O) groups is 1. The Labute approximate surface area is 85.4 Å². The van der Waals surface area contributed by atoms with Gasteiger partial charge in [-0.2, -0.15) is 0 Å². The molecule has 0 aliphatic heterocycles. The quantitative estimate of drug-likeness (QED) is 0.510. The van der Waals surface area contributed by atoms with E-state index in [1.807, 2.05) is 6.92 Å². The summed E-state index contributed by atoms with van der Waals surface area (Å²) in [5, 5.41) is 0. The van der Waals surface area contributed by atoms with Gasteiger partial charge in [-0.25, -0.2) is 0 Å². The lowest BCUT2D eigenvalue weighted by atomic mass is 10.2. The fraction of sp³-hybridized carbons (Fsp3) is 0.889. The molecule has 0 aromatic heterocycles. The molecule has 0 aliphatic rings. The van der Waals surface area contributed by atoms with Crippen molar-refractivity contribution < 1.29 is 18.6 Å². The molecule has 0 aliphatic carbocycles. The smallest absolute Gasteiger partial charge is 0.305 e. The Balaban J connectivity index is 3.61. The summed E-state index contributed by atoms with van der Waals surface area (Å²) in [6.07, 6.45) is 0.383. The Hall–Kier alpha value is -0.340. The van der Waals surface area contributed by atoms with Crippen molar-refractivity contribution in [1.82, 2.24) is 0 Å².